The molecule has 0 aromatic carbocycles. The van der Waals surface area contributed by atoms with Crippen molar-refractivity contribution in [2.24, 2.45) is 0 Å². The average molecular weight is 1370 g/mol. The summed E-state index contributed by atoms with van der Waals surface area (Å²) in [6.07, 6.45) is 11.3. The van der Waals surface area contributed by atoms with Gasteiger partial charge in [0.2, 0.25) is 11.8 Å². The van der Waals surface area contributed by atoms with Gasteiger partial charge in [0, 0.05) is 13.3 Å². The van der Waals surface area contributed by atoms with Gasteiger partial charge in [-0.2, -0.15) is 0 Å². The lowest BCUT2D eigenvalue weighted by Gasteiger charge is -2.49. The van der Waals surface area contributed by atoms with Crippen molar-refractivity contribution in [2.75, 3.05) is 33.0 Å². The molecular weight excluding hydrogens is 1240 g/mol. The van der Waals surface area contributed by atoms with Crippen molar-refractivity contribution >= 4 is 11.8 Å². The van der Waals surface area contributed by atoms with E-state index in [2.05, 4.69) is 24.5 Å². The molecule has 0 saturated carbocycles. The van der Waals surface area contributed by atoms with Crippen LogP contribution >= 0.6 is 0 Å². The molecule has 15 N–H and O–H groups in total. The second kappa shape index (κ2) is 50.2. The Morgan fingerprint density at radius 1 is 0.411 bits per heavy atom. The Morgan fingerprint density at radius 3 is 1.20 bits per heavy atom. The molecule has 95 heavy (non-hydrogen) atoms. The van der Waals surface area contributed by atoms with E-state index in [4.69, 9.17) is 37.9 Å². The molecule has 2 amide bonds. The van der Waals surface area contributed by atoms with Crippen molar-refractivity contribution in [1.82, 2.24) is 10.6 Å². The topological polar surface area (TPSA) is 395 Å². The monoisotopic (exact) mass is 1370 g/mol. The standard InChI is InChI=1S/C70H130N2O23/c1-4-6-8-10-12-14-16-18-19-20-21-22-23-24-25-26-27-29-31-33-35-37-39-41-54(79)72-48(49(78)40-38-36-34-32-30-28-17-15-13-11-9-7-5-2)46-88-68-61(85)59(83)64(52(44-75)91-68)93-69-62(86)60(84)65(53(45-76)92-69)94-70-63(87)66(57(81)51(43-74)90-70)95-67-55(71-47(3)77)58(82)56(80)50(42-73)89-67/h38,40,48-53,55-70,73-76,78,80-87H,4-37,39,41-46H2,1-3H3,(H,71,77)(H,72,79). The summed E-state index contributed by atoms with van der Waals surface area (Å²) < 4.78 is 46.5. The van der Waals surface area contributed by atoms with Crippen molar-refractivity contribution in [1.29, 1.82) is 0 Å². The maximum absolute atomic E-state index is 13.5. The van der Waals surface area contributed by atoms with Gasteiger partial charge < -0.3 is 115 Å². The predicted octanol–water partition coefficient (Wildman–Crippen LogP) is 4.90. The molecule has 4 fully saturated rings. The van der Waals surface area contributed by atoms with Crippen LogP contribution in [0.25, 0.3) is 0 Å². The van der Waals surface area contributed by atoms with Gasteiger partial charge in [0.1, 0.15) is 97.6 Å². The predicted molar refractivity (Wildman–Crippen MR) is 354 cm³/mol. The number of unbranched alkanes of at least 4 members (excludes halogenated alkanes) is 33. The number of ether oxygens (including phenoxy) is 8. The third-order valence-corrected chi connectivity index (χ3v) is 19.1. The highest BCUT2D eigenvalue weighted by atomic mass is 16.8. The number of carbonyl (C=O) groups excluding carboxylic acids is 2. The van der Waals surface area contributed by atoms with E-state index in [0.717, 1.165) is 45.4 Å². The van der Waals surface area contributed by atoms with Crippen molar-refractivity contribution < 1.29 is 114 Å². The minimum absolute atomic E-state index is 0.219. The van der Waals surface area contributed by atoms with Gasteiger partial charge in [-0.15, -0.1) is 0 Å². The van der Waals surface area contributed by atoms with E-state index in [0.29, 0.717) is 12.8 Å². The Hall–Kier alpha value is -2.16. The highest BCUT2D eigenvalue weighted by molar-refractivity contribution is 5.76. The number of rotatable bonds is 53. The maximum Gasteiger partial charge on any atom is 0.220 e. The summed E-state index contributed by atoms with van der Waals surface area (Å²) in [6.45, 7) is 1.65. The van der Waals surface area contributed by atoms with Crippen LogP contribution in [0.15, 0.2) is 12.2 Å². The first-order chi connectivity index (χ1) is 46.0. The third-order valence-electron chi connectivity index (χ3n) is 19.1. The summed E-state index contributed by atoms with van der Waals surface area (Å²) in [4.78, 5) is 25.5. The minimum atomic E-state index is -2.10. The molecule has 4 rings (SSSR count). The second-order valence-electron chi connectivity index (χ2n) is 27.1. The highest BCUT2D eigenvalue weighted by Crippen LogP contribution is 2.35. The summed E-state index contributed by atoms with van der Waals surface area (Å²) >= 11 is 0. The fraction of sp³-hybridized carbons (Fsp3) is 0.943. The molecule has 25 heteroatoms. The van der Waals surface area contributed by atoms with Crippen molar-refractivity contribution in [3.8, 4) is 0 Å². The van der Waals surface area contributed by atoms with Crippen LogP contribution in [0.3, 0.4) is 0 Å². The number of aliphatic hydroxyl groups excluding tert-OH is 13. The van der Waals surface area contributed by atoms with Crippen LogP contribution in [0.1, 0.15) is 252 Å². The van der Waals surface area contributed by atoms with E-state index in [1.807, 2.05) is 6.08 Å². The molecule has 22 atom stereocenters. The van der Waals surface area contributed by atoms with E-state index in [-0.39, 0.29) is 12.3 Å². The molecule has 0 aromatic heterocycles. The molecular formula is C70H130N2O23. The van der Waals surface area contributed by atoms with E-state index in [1.165, 1.54) is 173 Å². The van der Waals surface area contributed by atoms with E-state index in [9.17, 15) is 76.0 Å². The van der Waals surface area contributed by atoms with Crippen LogP contribution in [0.2, 0.25) is 0 Å². The summed E-state index contributed by atoms with van der Waals surface area (Å²) in [5.74, 6) is -0.998. The van der Waals surface area contributed by atoms with E-state index >= 15 is 0 Å². The summed E-state index contributed by atoms with van der Waals surface area (Å²) in [7, 11) is 0. The second-order valence-corrected chi connectivity index (χ2v) is 27.1. The van der Waals surface area contributed by atoms with Gasteiger partial charge in [-0.1, -0.05) is 231 Å². The summed E-state index contributed by atoms with van der Waals surface area (Å²) in [5, 5.41) is 148. The molecule has 4 aliphatic heterocycles. The van der Waals surface area contributed by atoms with Gasteiger partial charge in [0.25, 0.3) is 0 Å². The van der Waals surface area contributed by atoms with Crippen LogP contribution in [-0.2, 0) is 47.5 Å². The number of hydrogen-bond acceptors (Lipinski definition) is 23. The first kappa shape index (κ1) is 85.3. The fourth-order valence-corrected chi connectivity index (χ4v) is 13.1. The van der Waals surface area contributed by atoms with Crippen LogP contribution < -0.4 is 10.6 Å². The summed E-state index contributed by atoms with van der Waals surface area (Å²) in [6, 6.07) is -2.53. The number of allylic oxidation sites excluding steroid dienone is 1. The molecule has 4 heterocycles. The number of aliphatic hydroxyl groups is 13. The lowest BCUT2D eigenvalue weighted by Crippen LogP contribution is -2.69. The number of amides is 2. The molecule has 4 saturated heterocycles. The first-order valence-corrected chi connectivity index (χ1v) is 36.9. The normalized spacial score (nSPS) is 32.0. The molecule has 0 bridgehead atoms. The van der Waals surface area contributed by atoms with E-state index < -0.39 is 174 Å². The largest absolute Gasteiger partial charge is 0.394 e. The quantitative estimate of drug-likeness (QED) is 0.0284. The van der Waals surface area contributed by atoms with Crippen LogP contribution in [-0.4, -0.2) is 246 Å². The Labute approximate surface area is 566 Å². The molecule has 0 spiro atoms. The third kappa shape index (κ3) is 30.9. The van der Waals surface area contributed by atoms with Gasteiger partial charge in [-0.25, -0.2) is 0 Å². The molecule has 4 aliphatic rings. The first-order valence-electron chi connectivity index (χ1n) is 36.9. The van der Waals surface area contributed by atoms with Gasteiger partial charge in [0.05, 0.1) is 45.2 Å². The molecule has 0 radical (unpaired) electrons. The van der Waals surface area contributed by atoms with Gasteiger partial charge in [-0.05, 0) is 19.3 Å². The lowest BCUT2D eigenvalue weighted by atomic mass is 9.95. The molecule has 558 valence electrons. The van der Waals surface area contributed by atoms with Gasteiger partial charge >= 0.3 is 0 Å². The highest BCUT2D eigenvalue weighted by Gasteiger charge is 2.56. The van der Waals surface area contributed by atoms with Crippen LogP contribution in [0.5, 0.6) is 0 Å². The Balaban J connectivity index is 1.27. The molecule has 25 nitrogen and oxygen atoms in total. The zero-order valence-electron chi connectivity index (χ0n) is 57.7. The molecule has 0 aromatic rings. The number of hydrogen-bond donors (Lipinski definition) is 15. The smallest absolute Gasteiger partial charge is 0.220 e. The van der Waals surface area contributed by atoms with E-state index in [1.54, 1.807) is 6.08 Å². The van der Waals surface area contributed by atoms with Gasteiger partial charge in [-0.3, -0.25) is 9.59 Å². The Kier molecular flexibility index (Phi) is 45.1. The number of nitrogens with one attached hydrogen (secondary N) is 2. The van der Waals surface area contributed by atoms with Crippen molar-refractivity contribution in [3.05, 3.63) is 12.2 Å². The fourth-order valence-electron chi connectivity index (χ4n) is 13.1. The Bertz CT molecular complexity index is 1970. The van der Waals surface area contributed by atoms with Gasteiger partial charge in [0.15, 0.2) is 25.2 Å². The average Bonchev–Trinajstić information content (AvgIpc) is 0.784. The zero-order valence-corrected chi connectivity index (χ0v) is 57.7. The SMILES string of the molecule is CCCCCCCCCCCCCC=CC(O)C(COC1OC(CO)C(OC2OC(CO)C(OC3OC(CO)C(O)C(OC4OC(CO)C(O)C(O)C4NC(C)=O)C3O)C(O)C2O)C(O)C1O)NC(=O)CCCCCCCCCCCCCCCCCCCCCCCCC. The van der Waals surface area contributed by atoms with Crippen molar-refractivity contribution in [3.63, 3.8) is 0 Å². The van der Waals surface area contributed by atoms with Crippen molar-refractivity contribution in [2.45, 2.75) is 387 Å². The minimum Gasteiger partial charge on any atom is -0.394 e. The zero-order chi connectivity index (χ0) is 69.3. The van der Waals surface area contributed by atoms with Crippen LogP contribution in [0, 0.1) is 0 Å². The number of carbonyl (C=O) groups is 2. The molecule has 22 unspecified atom stereocenters. The molecule has 0 aliphatic carbocycles. The lowest BCUT2D eigenvalue weighted by molar-refractivity contribution is -0.386. The maximum atomic E-state index is 13.5. The summed E-state index contributed by atoms with van der Waals surface area (Å²) in [5.41, 5.74) is 0. The Morgan fingerprint density at radius 2 is 0.768 bits per heavy atom. The van der Waals surface area contributed by atoms with Crippen LogP contribution in [0.4, 0.5) is 0 Å².